The highest BCUT2D eigenvalue weighted by Crippen LogP contribution is 2.36. The molecule has 1 aliphatic carbocycles. The molecule has 3 rings (SSSR count). The standard InChI is InChI=1S/C24H48N6O11/c1-2-29-8-14-13(32)7-12(27)23(38-14)41-22-11(26)5-10(6-16(33)30(37)4-3-25)21(20(22)36)40-24-19(35)17(28)18(34)15(9-31)39-24/h10-15,17-24,29,31-32,34-37H,2-9,25-28H2,1H3/t10-,11-,12+,13-,14+,15+,17-,18+,19+,20+,21-,22+,23+,24+/m0/s1. The van der Waals surface area contributed by atoms with Crippen molar-refractivity contribution in [3.8, 4) is 0 Å². The van der Waals surface area contributed by atoms with E-state index in [4.69, 9.17) is 41.9 Å². The van der Waals surface area contributed by atoms with Gasteiger partial charge in [0.1, 0.15) is 30.5 Å². The molecule has 0 bridgehead atoms. The highest BCUT2D eigenvalue weighted by atomic mass is 16.7. The summed E-state index contributed by atoms with van der Waals surface area (Å²) in [6.45, 7) is 2.17. The van der Waals surface area contributed by atoms with Crippen molar-refractivity contribution in [2.75, 3.05) is 32.8 Å². The molecule has 2 aliphatic heterocycles. The Labute approximate surface area is 238 Å². The minimum Gasteiger partial charge on any atom is -0.394 e. The summed E-state index contributed by atoms with van der Waals surface area (Å²) in [5.74, 6) is -1.49. The van der Waals surface area contributed by atoms with Gasteiger partial charge >= 0.3 is 0 Å². The number of carbonyl (C=O) groups is 1. The first-order chi connectivity index (χ1) is 19.4. The van der Waals surface area contributed by atoms with Crippen LogP contribution in [0.25, 0.3) is 0 Å². The van der Waals surface area contributed by atoms with Crippen LogP contribution in [0.2, 0.25) is 0 Å². The molecule has 3 fully saturated rings. The Morgan fingerprint density at radius 3 is 2.24 bits per heavy atom. The van der Waals surface area contributed by atoms with Gasteiger partial charge in [0.2, 0.25) is 5.91 Å². The van der Waals surface area contributed by atoms with E-state index in [0.717, 1.165) is 0 Å². The zero-order valence-electron chi connectivity index (χ0n) is 23.2. The molecule has 240 valence electrons. The van der Waals surface area contributed by atoms with Crippen LogP contribution in [0.3, 0.4) is 0 Å². The molecule has 17 heteroatoms. The smallest absolute Gasteiger partial charge is 0.246 e. The Morgan fingerprint density at radius 2 is 1.61 bits per heavy atom. The molecule has 0 spiro atoms. The first-order valence-corrected chi connectivity index (χ1v) is 14.0. The van der Waals surface area contributed by atoms with Crippen LogP contribution in [0, 0.1) is 5.92 Å². The zero-order chi connectivity index (χ0) is 30.4. The van der Waals surface area contributed by atoms with Crippen LogP contribution >= 0.6 is 0 Å². The molecular weight excluding hydrogens is 548 g/mol. The van der Waals surface area contributed by atoms with Gasteiger partial charge in [-0.1, -0.05) is 6.92 Å². The molecule has 1 amide bonds. The first kappa shape index (κ1) is 34.4. The monoisotopic (exact) mass is 596 g/mol. The molecule has 0 aromatic heterocycles. The number of likely N-dealkylation sites (N-methyl/N-ethyl adjacent to an activating group) is 1. The fourth-order valence-electron chi connectivity index (χ4n) is 5.53. The maximum atomic E-state index is 12.7. The van der Waals surface area contributed by atoms with Gasteiger partial charge < -0.3 is 72.7 Å². The number of rotatable bonds is 12. The lowest BCUT2D eigenvalue weighted by Gasteiger charge is -2.48. The summed E-state index contributed by atoms with van der Waals surface area (Å²) in [5, 5.41) is 65.9. The summed E-state index contributed by atoms with van der Waals surface area (Å²) in [6, 6.07) is -2.83. The predicted octanol–water partition coefficient (Wildman–Crippen LogP) is -5.79. The predicted molar refractivity (Wildman–Crippen MR) is 141 cm³/mol. The molecule has 0 aromatic carbocycles. The number of aliphatic hydroxyl groups is 5. The zero-order valence-corrected chi connectivity index (χ0v) is 23.2. The van der Waals surface area contributed by atoms with Crippen molar-refractivity contribution in [2.24, 2.45) is 28.9 Å². The van der Waals surface area contributed by atoms with E-state index >= 15 is 0 Å². The van der Waals surface area contributed by atoms with E-state index < -0.39 is 98.0 Å². The molecule has 2 saturated heterocycles. The summed E-state index contributed by atoms with van der Waals surface area (Å²) in [7, 11) is 0. The topological polar surface area (TPSA) is 295 Å². The molecule has 14 atom stereocenters. The van der Waals surface area contributed by atoms with Crippen molar-refractivity contribution in [2.45, 2.75) is 106 Å². The third-order valence-corrected chi connectivity index (χ3v) is 7.92. The second kappa shape index (κ2) is 15.6. The third kappa shape index (κ3) is 8.28. The van der Waals surface area contributed by atoms with Crippen LogP contribution < -0.4 is 28.3 Å². The molecule has 0 radical (unpaired) electrons. The van der Waals surface area contributed by atoms with E-state index in [1.54, 1.807) is 0 Å². The van der Waals surface area contributed by atoms with E-state index in [9.17, 15) is 35.5 Å². The fraction of sp³-hybridized carbons (Fsp3) is 0.958. The number of aliphatic hydroxyl groups excluding tert-OH is 5. The van der Waals surface area contributed by atoms with Gasteiger partial charge in [-0.25, -0.2) is 5.06 Å². The highest BCUT2D eigenvalue weighted by molar-refractivity contribution is 5.75. The average Bonchev–Trinajstić information content (AvgIpc) is 2.93. The Bertz CT molecular complexity index is 818. The van der Waals surface area contributed by atoms with Crippen molar-refractivity contribution in [3.05, 3.63) is 0 Å². The number of hydrogen-bond acceptors (Lipinski definition) is 16. The lowest BCUT2D eigenvalue weighted by molar-refractivity contribution is -0.320. The van der Waals surface area contributed by atoms with Crippen molar-refractivity contribution in [1.82, 2.24) is 10.4 Å². The van der Waals surface area contributed by atoms with E-state index in [1.807, 2.05) is 6.92 Å². The lowest BCUT2D eigenvalue weighted by Crippen LogP contribution is -2.66. The van der Waals surface area contributed by atoms with E-state index in [2.05, 4.69) is 5.32 Å². The van der Waals surface area contributed by atoms with Crippen LogP contribution in [0.15, 0.2) is 0 Å². The molecular formula is C24H48N6O11. The molecule has 15 N–H and O–H groups in total. The largest absolute Gasteiger partial charge is 0.394 e. The second-order valence-corrected chi connectivity index (χ2v) is 11.0. The van der Waals surface area contributed by atoms with Crippen molar-refractivity contribution < 1.29 is 54.5 Å². The number of nitrogens with two attached hydrogens (primary N) is 4. The van der Waals surface area contributed by atoms with Gasteiger partial charge in [-0.05, 0) is 25.3 Å². The van der Waals surface area contributed by atoms with Gasteiger partial charge in [-0.2, -0.15) is 0 Å². The lowest BCUT2D eigenvalue weighted by atomic mass is 9.77. The number of nitrogens with zero attached hydrogens (tertiary/aromatic N) is 1. The normalized spacial score (nSPS) is 43.6. The van der Waals surface area contributed by atoms with Gasteiger partial charge in [-0.3, -0.25) is 10.0 Å². The van der Waals surface area contributed by atoms with Crippen molar-refractivity contribution in [1.29, 1.82) is 0 Å². The number of carbonyl (C=O) groups excluding carboxylic acids is 1. The molecule has 2 heterocycles. The SMILES string of the molecule is CCNC[C@H]1O[C@H](O[C@H]2[C@H](O)[C@@H](O[C@H]3O[C@H](CO)[C@@H](O)[C@H](N)[C@H]3O)[C@H](CC(=O)N(O)CCN)C[C@@H]2N)[C@H](N)C[C@@H]1O. The van der Waals surface area contributed by atoms with Crippen molar-refractivity contribution in [3.63, 3.8) is 0 Å². The summed E-state index contributed by atoms with van der Waals surface area (Å²) < 4.78 is 23.5. The highest BCUT2D eigenvalue weighted by Gasteiger charge is 2.51. The van der Waals surface area contributed by atoms with Gasteiger partial charge in [0, 0.05) is 25.6 Å². The van der Waals surface area contributed by atoms with Gasteiger partial charge in [0.15, 0.2) is 12.6 Å². The van der Waals surface area contributed by atoms with Crippen LogP contribution in [-0.4, -0.2) is 154 Å². The average molecular weight is 597 g/mol. The summed E-state index contributed by atoms with van der Waals surface area (Å²) in [4.78, 5) is 12.7. The molecule has 17 nitrogen and oxygen atoms in total. The first-order valence-electron chi connectivity index (χ1n) is 14.0. The van der Waals surface area contributed by atoms with E-state index in [1.165, 1.54) is 0 Å². The number of hydrogen-bond donors (Lipinski definition) is 11. The van der Waals surface area contributed by atoms with Crippen LogP contribution in [0.4, 0.5) is 0 Å². The quantitative estimate of drug-likeness (QED) is 0.0738. The minimum atomic E-state index is -1.55. The van der Waals surface area contributed by atoms with E-state index in [0.29, 0.717) is 18.2 Å². The van der Waals surface area contributed by atoms with Gasteiger partial charge in [-0.15, -0.1) is 0 Å². The van der Waals surface area contributed by atoms with Gasteiger partial charge in [0.05, 0.1) is 43.5 Å². The number of nitrogens with one attached hydrogen (secondary N) is 1. The van der Waals surface area contributed by atoms with Crippen LogP contribution in [0.5, 0.6) is 0 Å². The molecule has 1 saturated carbocycles. The minimum absolute atomic E-state index is 0.0148. The third-order valence-electron chi connectivity index (χ3n) is 7.92. The Morgan fingerprint density at radius 1 is 0.951 bits per heavy atom. The Kier molecular flexibility index (Phi) is 13.0. The number of amides is 1. The Hall–Kier alpha value is -1.13. The number of hydroxylamine groups is 2. The molecule has 3 aliphatic rings. The number of ether oxygens (including phenoxy) is 4. The van der Waals surface area contributed by atoms with Gasteiger partial charge in [0.25, 0.3) is 0 Å². The summed E-state index contributed by atoms with van der Waals surface area (Å²) >= 11 is 0. The maximum Gasteiger partial charge on any atom is 0.246 e. The van der Waals surface area contributed by atoms with Crippen LogP contribution in [-0.2, 0) is 23.7 Å². The molecule has 0 aromatic rings. The maximum absolute atomic E-state index is 12.7. The van der Waals surface area contributed by atoms with Crippen molar-refractivity contribution >= 4 is 5.91 Å². The van der Waals surface area contributed by atoms with E-state index in [-0.39, 0.29) is 32.4 Å². The van der Waals surface area contributed by atoms with Crippen LogP contribution in [0.1, 0.15) is 26.2 Å². The fourth-order valence-corrected chi connectivity index (χ4v) is 5.53. The molecule has 0 unspecified atom stereocenters. The summed E-state index contributed by atoms with van der Waals surface area (Å²) in [6.07, 6.45) is -12.1. The molecule has 41 heavy (non-hydrogen) atoms. The summed E-state index contributed by atoms with van der Waals surface area (Å²) in [5.41, 5.74) is 24.0. The Balaban J connectivity index is 1.82. The second-order valence-electron chi connectivity index (χ2n) is 11.0.